The van der Waals surface area contributed by atoms with Gasteiger partial charge in [0.05, 0.1) is 5.69 Å². The summed E-state index contributed by atoms with van der Waals surface area (Å²) in [5, 5.41) is 3.73. The van der Waals surface area contributed by atoms with Gasteiger partial charge in [-0.3, -0.25) is 14.8 Å². The first-order chi connectivity index (χ1) is 8.38. The Bertz CT molecular complexity index is 451. The van der Waals surface area contributed by atoms with Crippen LogP contribution >= 0.6 is 0 Å². The molecule has 4 heteroatoms. The molecule has 1 aliphatic rings. The van der Waals surface area contributed by atoms with E-state index in [0.717, 1.165) is 18.7 Å². The average Bonchev–Trinajstić information content (AvgIpc) is 2.59. The van der Waals surface area contributed by atoms with Crippen molar-refractivity contribution in [3.05, 3.63) is 29.8 Å². The first kappa shape index (κ1) is 12.9. The topological polar surface area (TPSA) is 49.6 Å². The summed E-state index contributed by atoms with van der Waals surface area (Å²) >= 11 is 0. The second-order valence-corrected chi connectivity index (χ2v) is 5.58. The molecule has 0 aliphatic carbocycles. The van der Waals surface area contributed by atoms with Crippen molar-refractivity contribution in [2.24, 2.45) is 5.73 Å². The van der Waals surface area contributed by atoms with E-state index in [1.165, 1.54) is 5.56 Å². The van der Waals surface area contributed by atoms with Crippen LogP contribution in [0, 0.1) is 0 Å². The van der Waals surface area contributed by atoms with Gasteiger partial charge < -0.3 is 5.73 Å². The van der Waals surface area contributed by atoms with E-state index < -0.39 is 0 Å². The second-order valence-electron chi connectivity index (χ2n) is 5.58. The number of rotatable bonds is 3. The highest BCUT2D eigenvalue weighted by Gasteiger charge is 2.27. The summed E-state index contributed by atoms with van der Waals surface area (Å²) in [6, 6.07) is 8.15. The van der Waals surface area contributed by atoms with Crippen molar-refractivity contribution < 1.29 is 4.79 Å². The summed E-state index contributed by atoms with van der Waals surface area (Å²) in [5.74, 6) is 0.164. The highest BCUT2D eigenvalue weighted by Crippen LogP contribution is 2.27. The van der Waals surface area contributed by atoms with Crippen molar-refractivity contribution in [1.29, 1.82) is 0 Å². The van der Waals surface area contributed by atoms with Crippen molar-refractivity contribution in [2.45, 2.75) is 32.2 Å². The molecule has 0 aromatic heterocycles. The van der Waals surface area contributed by atoms with Crippen molar-refractivity contribution in [1.82, 2.24) is 5.01 Å². The van der Waals surface area contributed by atoms with Gasteiger partial charge in [0.2, 0.25) is 5.91 Å². The van der Waals surface area contributed by atoms with Gasteiger partial charge in [0.25, 0.3) is 0 Å². The third kappa shape index (κ3) is 2.64. The Labute approximate surface area is 108 Å². The molecule has 0 bridgehead atoms. The molecule has 0 spiro atoms. The minimum absolute atomic E-state index is 0.164. The molecule has 1 heterocycles. The monoisotopic (exact) mass is 247 g/mol. The molecular formula is C14H21N3O. The molecule has 0 unspecified atom stereocenters. The van der Waals surface area contributed by atoms with Crippen LogP contribution < -0.4 is 10.7 Å². The third-order valence-electron chi connectivity index (χ3n) is 3.18. The fraction of sp³-hybridized carbons (Fsp3) is 0.500. The van der Waals surface area contributed by atoms with Gasteiger partial charge in [-0.15, -0.1) is 0 Å². The lowest BCUT2D eigenvalue weighted by Gasteiger charge is -2.30. The van der Waals surface area contributed by atoms with Crippen LogP contribution in [0.2, 0.25) is 0 Å². The molecular weight excluding hydrogens is 226 g/mol. The van der Waals surface area contributed by atoms with E-state index in [-0.39, 0.29) is 11.4 Å². The number of benzene rings is 1. The van der Waals surface area contributed by atoms with Crippen LogP contribution in [-0.4, -0.2) is 30.0 Å². The maximum atomic E-state index is 11.6. The summed E-state index contributed by atoms with van der Waals surface area (Å²) in [6.07, 6.45) is 1.37. The number of anilines is 1. The number of nitrogens with zero attached hydrogens (tertiary/aromatic N) is 2. The highest BCUT2D eigenvalue weighted by molar-refractivity contribution is 5.81. The number of nitrogens with two attached hydrogens (primary N) is 1. The molecule has 18 heavy (non-hydrogen) atoms. The van der Waals surface area contributed by atoms with Crippen LogP contribution in [0.3, 0.4) is 0 Å². The molecule has 1 saturated heterocycles. The molecule has 1 amide bonds. The Hall–Kier alpha value is -1.55. The first-order valence-corrected chi connectivity index (χ1v) is 6.29. The van der Waals surface area contributed by atoms with Gasteiger partial charge in [0, 0.05) is 25.6 Å². The van der Waals surface area contributed by atoms with E-state index in [4.69, 9.17) is 5.73 Å². The first-order valence-electron chi connectivity index (χ1n) is 6.29. The normalized spacial score (nSPS) is 16.6. The number of hydrogen-bond donors (Lipinski definition) is 1. The summed E-state index contributed by atoms with van der Waals surface area (Å²) in [5.41, 5.74) is 8.12. The van der Waals surface area contributed by atoms with Crippen molar-refractivity contribution in [2.75, 3.05) is 18.6 Å². The quantitative estimate of drug-likeness (QED) is 0.881. The Morgan fingerprint density at radius 3 is 2.56 bits per heavy atom. The second kappa shape index (κ2) is 4.61. The van der Waals surface area contributed by atoms with E-state index in [9.17, 15) is 4.79 Å². The standard InChI is InChI=1S/C14H21N3O/c1-14(2,15)10-11-6-4-5-7-12(11)17-9-8-13(18)16(17)3/h4-7H,8-10,15H2,1-3H3. The highest BCUT2D eigenvalue weighted by atomic mass is 16.2. The van der Waals surface area contributed by atoms with Gasteiger partial charge in [-0.2, -0.15) is 0 Å². The fourth-order valence-corrected chi connectivity index (χ4v) is 2.33. The Balaban J connectivity index is 2.31. The van der Waals surface area contributed by atoms with Crippen LogP contribution in [0.25, 0.3) is 0 Å². The SMILES string of the molecule is CN1C(=O)CCN1c1ccccc1CC(C)(C)N. The number of hydrazine groups is 1. The fourth-order valence-electron chi connectivity index (χ4n) is 2.33. The number of carbonyl (C=O) groups excluding carboxylic acids is 1. The third-order valence-corrected chi connectivity index (χ3v) is 3.18. The van der Waals surface area contributed by atoms with Crippen molar-refractivity contribution in [3.63, 3.8) is 0 Å². The van der Waals surface area contributed by atoms with Crippen LogP contribution in [0.4, 0.5) is 5.69 Å². The summed E-state index contributed by atoms with van der Waals surface area (Å²) < 4.78 is 0. The van der Waals surface area contributed by atoms with E-state index in [0.29, 0.717) is 6.42 Å². The van der Waals surface area contributed by atoms with Crippen molar-refractivity contribution >= 4 is 11.6 Å². The molecule has 1 fully saturated rings. The van der Waals surface area contributed by atoms with E-state index in [1.54, 1.807) is 5.01 Å². The largest absolute Gasteiger partial charge is 0.325 e. The lowest BCUT2D eigenvalue weighted by atomic mass is 9.95. The molecule has 0 atom stereocenters. The van der Waals surface area contributed by atoms with Crippen LogP contribution in [0.1, 0.15) is 25.8 Å². The van der Waals surface area contributed by atoms with Crippen LogP contribution in [0.15, 0.2) is 24.3 Å². The zero-order valence-corrected chi connectivity index (χ0v) is 11.3. The lowest BCUT2D eigenvalue weighted by molar-refractivity contribution is -0.126. The minimum Gasteiger partial charge on any atom is -0.325 e. The molecule has 2 rings (SSSR count). The molecule has 2 N–H and O–H groups in total. The predicted octanol–water partition coefficient (Wildman–Crippen LogP) is 1.55. The summed E-state index contributed by atoms with van der Waals surface area (Å²) in [4.78, 5) is 11.6. The zero-order chi connectivity index (χ0) is 13.3. The minimum atomic E-state index is -0.252. The molecule has 1 aromatic carbocycles. The van der Waals surface area contributed by atoms with Gasteiger partial charge in [0.1, 0.15) is 0 Å². The van der Waals surface area contributed by atoms with Crippen molar-refractivity contribution in [3.8, 4) is 0 Å². The van der Waals surface area contributed by atoms with Gasteiger partial charge in [-0.25, -0.2) is 0 Å². The van der Waals surface area contributed by atoms with Gasteiger partial charge >= 0.3 is 0 Å². The summed E-state index contributed by atoms with van der Waals surface area (Å²) in [7, 11) is 1.82. The number of para-hydroxylation sites is 1. The summed E-state index contributed by atoms with van der Waals surface area (Å²) in [6.45, 7) is 4.78. The number of hydrogen-bond acceptors (Lipinski definition) is 3. The molecule has 0 radical (unpaired) electrons. The number of amides is 1. The van der Waals surface area contributed by atoms with Gasteiger partial charge in [-0.1, -0.05) is 18.2 Å². The van der Waals surface area contributed by atoms with Gasteiger partial charge in [-0.05, 0) is 31.9 Å². The van der Waals surface area contributed by atoms with E-state index in [1.807, 2.05) is 38.0 Å². The molecule has 4 nitrogen and oxygen atoms in total. The maximum Gasteiger partial charge on any atom is 0.242 e. The molecule has 98 valence electrons. The Morgan fingerprint density at radius 1 is 1.33 bits per heavy atom. The van der Waals surface area contributed by atoms with E-state index in [2.05, 4.69) is 12.1 Å². The molecule has 1 aliphatic heterocycles. The smallest absolute Gasteiger partial charge is 0.242 e. The Kier molecular flexibility index (Phi) is 3.30. The molecule has 0 saturated carbocycles. The zero-order valence-electron chi connectivity index (χ0n) is 11.3. The van der Waals surface area contributed by atoms with E-state index >= 15 is 0 Å². The molecule has 1 aromatic rings. The van der Waals surface area contributed by atoms with Gasteiger partial charge in [0.15, 0.2) is 0 Å². The lowest BCUT2D eigenvalue weighted by Crippen LogP contribution is -2.38. The van der Waals surface area contributed by atoms with Crippen LogP contribution in [-0.2, 0) is 11.2 Å². The maximum absolute atomic E-state index is 11.6. The average molecular weight is 247 g/mol. The Morgan fingerprint density at radius 2 is 2.00 bits per heavy atom. The number of carbonyl (C=O) groups is 1. The predicted molar refractivity (Wildman–Crippen MR) is 73.1 cm³/mol. The van der Waals surface area contributed by atoms with Crippen LogP contribution in [0.5, 0.6) is 0 Å².